The van der Waals surface area contributed by atoms with Gasteiger partial charge in [0.2, 0.25) is 0 Å². The number of rotatable bonds is 2. The van der Waals surface area contributed by atoms with Crippen LogP contribution >= 0.6 is 0 Å². The van der Waals surface area contributed by atoms with Crippen LogP contribution in [-0.2, 0) is 0 Å². The first-order chi connectivity index (χ1) is 7.29. The Balaban J connectivity index is 2.42. The summed E-state index contributed by atoms with van der Waals surface area (Å²) in [5.41, 5.74) is 0.711. The monoisotopic (exact) mass is 202 g/mol. The summed E-state index contributed by atoms with van der Waals surface area (Å²) in [6.07, 6.45) is 8.45. The highest BCUT2D eigenvalue weighted by atomic mass is 16.6. The summed E-state index contributed by atoms with van der Waals surface area (Å²) in [7, 11) is 0. The van der Waals surface area contributed by atoms with E-state index < -0.39 is 0 Å². The van der Waals surface area contributed by atoms with E-state index >= 15 is 0 Å². The lowest BCUT2D eigenvalue weighted by atomic mass is 10.2. The van der Waals surface area contributed by atoms with Crippen LogP contribution in [0.1, 0.15) is 6.42 Å². The number of para-hydroxylation sites is 2. The molecule has 0 atom stereocenters. The first kappa shape index (κ1) is 9.45. The highest BCUT2D eigenvalue weighted by molar-refractivity contribution is 5.66. The third kappa shape index (κ3) is 1.88. The maximum atomic E-state index is 10.8. The predicted octanol–water partition coefficient (Wildman–Crippen LogP) is 2.83. The lowest BCUT2D eigenvalue weighted by Crippen LogP contribution is -2.10. The molecule has 1 aromatic carbocycles. The molecule has 0 radical (unpaired) electrons. The molecule has 15 heavy (non-hydrogen) atoms. The Bertz CT molecular complexity index is 426. The Morgan fingerprint density at radius 1 is 1.20 bits per heavy atom. The molecular formula is C11H10N2O2. The number of nitro benzene ring substituents is 1. The van der Waals surface area contributed by atoms with Crippen molar-refractivity contribution in [2.45, 2.75) is 6.42 Å². The molecule has 0 unspecified atom stereocenters. The zero-order valence-electron chi connectivity index (χ0n) is 8.04. The second kappa shape index (κ2) is 3.96. The van der Waals surface area contributed by atoms with Gasteiger partial charge < -0.3 is 4.90 Å². The summed E-state index contributed by atoms with van der Waals surface area (Å²) in [5, 5.41) is 10.8. The van der Waals surface area contributed by atoms with Crippen LogP contribution in [0.25, 0.3) is 0 Å². The smallest absolute Gasteiger partial charge is 0.293 e. The Morgan fingerprint density at radius 3 is 2.53 bits per heavy atom. The standard InChI is InChI=1S/C11H10N2O2/c14-13(15)11-7-3-2-6-10(11)12-8-4-1-5-9-12/h2-9H,1H2. The summed E-state index contributed by atoms with van der Waals surface area (Å²) in [6.45, 7) is 0. The van der Waals surface area contributed by atoms with E-state index in [4.69, 9.17) is 0 Å². The van der Waals surface area contributed by atoms with Gasteiger partial charge in [-0.3, -0.25) is 10.1 Å². The van der Waals surface area contributed by atoms with Crippen molar-refractivity contribution in [1.29, 1.82) is 0 Å². The molecule has 0 bridgehead atoms. The molecule has 0 saturated carbocycles. The number of anilines is 1. The lowest BCUT2D eigenvalue weighted by Gasteiger charge is -2.17. The van der Waals surface area contributed by atoms with Gasteiger partial charge in [0, 0.05) is 18.5 Å². The number of hydrogen-bond donors (Lipinski definition) is 0. The van der Waals surface area contributed by atoms with Gasteiger partial charge in [-0.15, -0.1) is 0 Å². The minimum atomic E-state index is -0.369. The van der Waals surface area contributed by atoms with Crippen LogP contribution in [0.4, 0.5) is 11.4 Å². The molecule has 1 aliphatic heterocycles. The zero-order valence-corrected chi connectivity index (χ0v) is 8.04. The van der Waals surface area contributed by atoms with Gasteiger partial charge in [0.15, 0.2) is 0 Å². The summed E-state index contributed by atoms with van der Waals surface area (Å²) in [4.78, 5) is 12.2. The van der Waals surface area contributed by atoms with E-state index in [2.05, 4.69) is 0 Å². The lowest BCUT2D eigenvalue weighted by molar-refractivity contribution is -0.384. The minimum absolute atomic E-state index is 0.119. The maximum absolute atomic E-state index is 10.8. The highest BCUT2D eigenvalue weighted by Crippen LogP contribution is 2.28. The van der Waals surface area contributed by atoms with Crippen LogP contribution in [0.15, 0.2) is 48.8 Å². The molecule has 0 saturated heterocycles. The van der Waals surface area contributed by atoms with Crippen molar-refractivity contribution in [3.63, 3.8) is 0 Å². The van der Waals surface area contributed by atoms with Gasteiger partial charge in [-0.25, -0.2) is 0 Å². The van der Waals surface area contributed by atoms with Gasteiger partial charge in [-0.1, -0.05) is 24.3 Å². The molecule has 4 nitrogen and oxygen atoms in total. The number of allylic oxidation sites excluding steroid dienone is 2. The van der Waals surface area contributed by atoms with Crippen molar-refractivity contribution >= 4 is 11.4 Å². The second-order valence-corrected chi connectivity index (χ2v) is 3.16. The van der Waals surface area contributed by atoms with Crippen LogP contribution in [0, 0.1) is 10.1 Å². The SMILES string of the molecule is O=[N+]([O-])c1ccccc1N1C=CCC=C1. The van der Waals surface area contributed by atoms with Gasteiger partial charge in [-0.2, -0.15) is 0 Å². The summed E-state index contributed by atoms with van der Waals surface area (Å²) in [5.74, 6) is 0. The molecule has 0 N–H and O–H groups in total. The Kier molecular flexibility index (Phi) is 2.49. The Labute approximate surface area is 87.3 Å². The van der Waals surface area contributed by atoms with Crippen LogP contribution in [0.2, 0.25) is 0 Å². The predicted molar refractivity (Wildman–Crippen MR) is 58.5 cm³/mol. The summed E-state index contributed by atoms with van der Waals surface area (Å²) < 4.78 is 0. The van der Waals surface area contributed by atoms with Crippen molar-refractivity contribution in [2.24, 2.45) is 0 Å². The molecule has 0 amide bonds. The van der Waals surface area contributed by atoms with E-state index in [-0.39, 0.29) is 10.6 Å². The second-order valence-electron chi connectivity index (χ2n) is 3.16. The third-order valence-electron chi connectivity index (χ3n) is 2.16. The molecule has 0 aromatic heterocycles. The normalized spacial score (nSPS) is 14.3. The molecule has 0 fully saturated rings. The van der Waals surface area contributed by atoms with E-state index in [1.165, 1.54) is 6.07 Å². The molecule has 0 spiro atoms. The topological polar surface area (TPSA) is 46.4 Å². The van der Waals surface area contributed by atoms with Gasteiger partial charge in [0.1, 0.15) is 5.69 Å². The van der Waals surface area contributed by atoms with E-state index in [0.29, 0.717) is 5.69 Å². The maximum Gasteiger partial charge on any atom is 0.293 e. The molecular weight excluding hydrogens is 192 g/mol. The molecule has 4 heteroatoms. The van der Waals surface area contributed by atoms with Gasteiger partial charge >= 0.3 is 0 Å². The van der Waals surface area contributed by atoms with Crippen molar-refractivity contribution in [3.8, 4) is 0 Å². The van der Waals surface area contributed by atoms with E-state index in [0.717, 1.165) is 6.42 Å². The molecule has 2 rings (SSSR count). The van der Waals surface area contributed by atoms with Gasteiger partial charge in [-0.05, 0) is 12.5 Å². The van der Waals surface area contributed by atoms with Crippen LogP contribution in [0.5, 0.6) is 0 Å². The zero-order chi connectivity index (χ0) is 10.7. The fraction of sp³-hybridized carbons (Fsp3) is 0.0909. The number of hydrogen-bond acceptors (Lipinski definition) is 3. The van der Waals surface area contributed by atoms with E-state index in [1.54, 1.807) is 23.1 Å². The summed E-state index contributed by atoms with van der Waals surface area (Å²) >= 11 is 0. The average Bonchev–Trinajstić information content (AvgIpc) is 2.30. The fourth-order valence-electron chi connectivity index (χ4n) is 1.47. The number of nitrogens with zero attached hydrogens (tertiary/aromatic N) is 2. The van der Waals surface area contributed by atoms with Crippen LogP contribution in [0.3, 0.4) is 0 Å². The molecule has 1 heterocycles. The van der Waals surface area contributed by atoms with Crippen molar-refractivity contribution in [2.75, 3.05) is 4.90 Å². The third-order valence-corrected chi connectivity index (χ3v) is 2.16. The number of nitro groups is 1. The van der Waals surface area contributed by atoms with Crippen molar-refractivity contribution < 1.29 is 4.92 Å². The molecule has 0 aliphatic carbocycles. The summed E-state index contributed by atoms with van der Waals surface area (Å²) in [6, 6.07) is 6.70. The largest absolute Gasteiger partial charge is 0.319 e. The first-order valence-electron chi connectivity index (χ1n) is 4.64. The molecule has 1 aliphatic rings. The van der Waals surface area contributed by atoms with Crippen molar-refractivity contribution in [1.82, 2.24) is 0 Å². The molecule has 76 valence electrons. The Hall–Kier alpha value is -2.10. The average molecular weight is 202 g/mol. The van der Waals surface area contributed by atoms with Crippen molar-refractivity contribution in [3.05, 3.63) is 58.9 Å². The quantitative estimate of drug-likeness (QED) is 0.547. The highest BCUT2D eigenvalue weighted by Gasteiger charge is 2.15. The fourth-order valence-corrected chi connectivity index (χ4v) is 1.47. The van der Waals surface area contributed by atoms with E-state index in [1.807, 2.05) is 24.6 Å². The Morgan fingerprint density at radius 2 is 1.87 bits per heavy atom. The first-order valence-corrected chi connectivity index (χ1v) is 4.64. The molecule has 1 aromatic rings. The van der Waals surface area contributed by atoms with Crippen LogP contribution in [-0.4, -0.2) is 4.92 Å². The van der Waals surface area contributed by atoms with Crippen LogP contribution < -0.4 is 4.90 Å². The van der Waals surface area contributed by atoms with Gasteiger partial charge in [0.25, 0.3) is 5.69 Å². The minimum Gasteiger partial charge on any atom is -0.319 e. The van der Waals surface area contributed by atoms with Gasteiger partial charge in [0.05, 0.1) is 4.92 Å². The number of benzene rings is 1. The van der Waals surface area contributed by atoms with E-state index in [9.17, 15) is 10.1 Å².